The van der Waals surface area contributed by atoms with E-state index in [0.29, 0.717) is 5.92 Å². The Hall–Kier alpha value is -2.22. The summed E-state index contributed by atoms with van der Waals surface area (Å²) >= 11 is 0. The van der Waals surface area contributed by atoms with Crippen molar-refractivity contribution in [3.63, 3.8) is 0 Å². The van der Waals surface area contributed by atoms with Crippen LogP contribution in [-0.4, -0.2) is 0 Å². The molecule has 0 heterocycles. The lowest BCUT2D eigenvalue weighted by Gasteiger charge is -2.09. The number of anilines is 1. The van der Waals surface area contributed by atoms with E-state index in [1.807, 2.05) is 43.3 Å². The van der Waals surface area contributed by atoms with Gasteiger partial charge in [-0.1, -0.05) is 38.1 Å². The number of ether oxygens (including phenoxy) is 1. The van der Waals surface area contributed by atoms with Crippen LogP contribution in [0, 0.1) is 12.8 Å². The Bertz CT molecular complexity index is 615. The van der Waals surface area contributed by atoms with Gasteiger partial charge in [-0.3, -0.25) is 0 Å². The molecule has 20 heavy (non-hydrogen) atoms. The van der Waals surface area contributed by atoms with Crippen LogP contribution in [0.1, 0.15) is 25.0 Å². The maximum Gasteiger partial charge on any atom is 0.130 e. The molecule has 0 aliphatic carbocycles. The third-order valence-corrected chi connectivity index (χ3v) is 2.96. The van der Waals surface area contributed by atoms with Crippen molar-refractivity contribution in [1.82, 2.24) is 0 Å². The van der Waals surface area contributed by atoms with Crippen LogP contribution >= 0.6 is 0 Å². The molecule has 2 N–H and O–H groups in total. The molecule has 0 saturated heterocycles. The van der Waals surface area contributed by atoms with Crippen molar-refractivity contribution in [2.45, 2.75) is 20.8 Å². The first-order valence-electron chi connectivity index (χ1n) is 6.87. The maximum absolute atomic E-state index is 5.92. The van der Waals surface area contributed by atoms with Gasteiger partial charge in [-0.15, -0.1) is 0 Å². The zero-order valence-corrected chi connectivity index (χ0v) is 12.3. The molecule has 0 spiro atoms. The molecule has 2 heteroatoms. The van der Waals surface area contributed by atoms with Gasteiger partial charge in [0.2, 0.25) is 0 Å². The number of hydrogen-bond donors (Lipinski definition) is 1. The van der Waals surface area contributed by atoms with Gasteiger partial charge in [-0.25, -0.2) is 0 Å². The Balaban J connectivity index is 2.19. The van der Waals surface area contributed by atoms with E-state index in [4.69, 9.17) is 10.5 Å². The lowest BCUT2D eigenvalue weighted by molar-refractivity contribution is 0.479. The highest BCUT2D eigenvalue weighted by Crippen LogP contribution is 2.27. The van der Waals surface area contributed by atoms with E-state index in [9.17, 15) is 0 Å². The normalized spacial score (nSPS) is 11.2. The summed E-state index contributed by atoms with van der Waals surface area (Å²) in [6.07, 6.45) is 4.29. The van der Waals surface area contributed by atoms with Crippen LogP contribution in [-0.2, 0) is 0 Å². The number of aryl methyl sites for hydroxylation is 1. The monoisotopic (exact) mass is 267 g/mol. The predicted octanol–water partition coefficient (Wildman–Crippen LogP) is 5.04. The first-order valence-corrected chi connectivity index (χ1v) is 6.87. The fourth-order valence-corrected chi connectivity index (χ4v) is 1.90. The molecule has 0 saturated carbocycles. The standard InChI is InChI=1S/C18H21NO/c1-13(2)7-8-15-5-4-6-17(12-15)20-18-10-9-16(19)11-14(18)3/h4-13H,19H2,1-3H3/b8-7+. The van der Waals surface area contributed by atoms with Crippen molar-refractivity contribution >= 4 is 11.8 Å². The molecule has 2 rings (SSSR count). The second-order valence-corrected chi connectivity index (χ2v) is 5.30. The largest absolute Gasteiger partial charge is 0.457 e. The molecule has 0 aliphatic rings. The minimum absolute atomic E-state index is 0.541. The predicted molar refractivity (Wildman–Crippen MR) is 86.0 cm³/mol. The summed E-state index contributed by atoms with van der Waals surface area (Å²) in [5.41, 5.74) is 8.68. The fourth-order valence-electron chi connectivity index (χ4n) is 1.90. The van der Waals surface area contributed by atoms with E-state index in [0.717, 1.165) is 28.3 Å². The van der Waals surface area contributed by atoms with Crippen LogP contribution in [0.25, 0.3) is 6.08 Å². The van der Waals surface area contributed by atoms with Gasteiger partial charge in [0, 0.05) is 5.69 Å². The van der Waals surface area contributed by atoms with E-state index in [2.05, 4.69) is 32.1 Å². The summed E-state index contributed by atoms with van der Waals surface area (Å²) in [6, 6.07) is 13.7. The lowest BCUT2D eigenvalue weighted by Crippen LogP contribution is -1.91. The van der Waals surface area contributed by atoms with Crippen LogP contribution in [0.4, 0.5) is 5.69 Å². The molecule has 2 aromatic rings. The Morgan fingerprint density at radius 1 is 1.10 bits per heavy atom. The highest BCUT2D eigenvalue weighted by Gasteiger charge is 2.02. The Morgan fingerprint density at radius 3 is 2.60 bits per heavy atom. The number of nitrogen functional groups attached to an aromatic ring is 1. The summed E-state index contributed by atoms with van der Waals surface area (Å²) in [6.45, 7) is 6.32. The quantitative estimate of drug-likeness (QED) is 0.788. The summed E-state index contributed by atoms with van der Waals surface area (Å²) in [5, 5.41) is 0. The molecule has 0 fully saturated rings. The topological polar surface area (TPSA) is 35.2 Å². The number of nitrogens with two attached hydrogens (primary N) is 1. The van der Waals surface area contributed by atoms with Crippen LogP contribution in [0.5, 0.6) is 11.5 Å². The van der Waals surface area contributed by atoms with Gasteiger partial charge < -0.3 is 10.5 Å². The second kappa shape index (κ2) is 6.29. The van der Waals surface area contributed by atoms with Gasteiger partial charge in [0.15, 0.2) is 0 Å². The molecular formula is C18H21NO. The van der Waals surface area contributed by atoms with E-state index < -0.39 is 0 Å². The van der Waals surface area contributed by atoms with E-state index in [1.165, 1.54) is 0 Å². The van der Waals surface area contributed by atoms with Gasteiger partial charge in [0.25, 0.3) is 0 Å². The Labute approximate surface area is 120 Å². The number of hydrogen-bond acceptors (Lipinski definition) is 2. The lowest BCUT2D eigenvalue weighted by atomic mass is 10.1. The van der Waals surface area contributed by atoms with Crippen LogP contribution in [0.15, 0.2) is 48.5 Å². The Kier molecular flexibility index (Phi) is 4.46. The minimum Gasteiger partial charge on any atom is -0.457 e. The molecule has 0 amide bonds. The highest BCUT2D eigenvalue weighted by molar-refractivity contribution is 5.53. The van der Waals surface area contributed by atoms with Crippen molar-refractivity contribution in [1.29, 1.82) is 0 Å². The zero-order valence-electron chi connectivity index (χ0n) is 12.3. The Morgan fingerprint density at radius 2 is 1.90 bits per heavy atom. The first kappa shape index (κ1) is 14.2. The SMILES string of the molecule is Cc1cc(N)ccc1Oc1cccc(/C=C/C(C)C)c1. The second-order valence-electron chi connectivity index (χ2n) is 5.30. The van der Waals surface area contributed by atoms with Crippen molar-refractivity contribution < 1.29 is 4.74 Å². The van der Waals surface area contributed by atoms with Crippen molar-refractivity contribution in [2.75, 3.05) is 5.73 Å². The van der Waals surface area contributed by atoms with E-state index in [1.54, 1.807) is 0 Å². The molecule has 2 aromatic carbocycles. The average molecular weight is 267 g/mol. The molecular weight excluding hydrogens is 246 g/mol. The summed E-state index contributed by atoms with van der Waals surface area (Å²) in [5.74, 6) is 2.21. The van der Waals surface area contributed by atoms with Crippen LogP contribution < -0.4 is 10.5 Å². The maximum atomic E-state index is 5.92. The minimum atomic E-state index is 0.541. The van der Waals surface area contributed by atoms with Gasteiger partial charge >= 0.3 is 0 Å². The summed E-state index contributed by atoms with van der Waals surface area (Å²) in [4.78, 5) is 0. The van der Waals surface area contributed by atoms with Crippen molar-refractivity contribution in [2.24, 2.45) is 5.92 Å². The van der Waals surface area contributed by atoms with Crippen molar-refractivity contribution in [3.05, 3.63) is 59.7 Å². The van der Waals surface area contributed by atoms with Gasteiger partial charge in [-0.05, 0) is 54.3 Å². The first-order chi connectivity index (χ1) is 9.54. The number of rotatable bonds is 4. The fraction of sp³-hybridized carbons (Fsp3) is 0.222. The molecule has 0 radical (unpaired) electrons. The molecule has 104 valence electrons. The van der Waals surface area contributed by atoms with E-state index in [-0.39, 0.29) is 0 Å². The molecule has 0 bridgehead atoms. The smallest absolute Gasteiger partial charge is 0.130 e. The third-order valence-electron chi connectivity index (χ3n) is 2.96. The number of allylic oxidation sites excluding steroid dienone is 1. The van der Waals surface area contributed by atoms with Crippen LogP contribution in [0.3, 0.4) is 0 Å². The average Bonchev–Trinajstić information content (AvgIpc) is 2.40. The van der Waals surface area contributed by atoms with Gasteiger partial charge in [0.05, 0.1) is 0 Å². The molecule has 0 unspecified atom stereocenters. The van der Waals surface area contributed by atoms with E-state index >= 15 is 0 Å². The third kappa shape index (κ3) is 3.89. The van der Waals surface area contributed by atoms with Crippen molar-refractivity contribution in [3.8, 4) is 11.5 Å². The molecule has 0 aromatic heterocycles. The number of benzene rings is 2. The summed E-state index contributed by atoms with van der Waals surface area (Å²) < 4.78 is 5.92. The molecule has 0 atom stereocenters. The zero-order chi connectivity index (χ0) is 14.5. The molecule has 2 nitrogen and oxygen atoms in total. The molecule has 0 aliphatic heterocycles. The van der Waals surface area contributed by atoms with Gasteiger partial charge in [0.1, 0.15) is 11.5 Å². The highest BCUT2D eigenvalue weighted by atomic mass is 16.5. The summed E-state index contributed by atoms with van der Waals surface area (Å²) in [7, 11) is 0. The van der Waals surface area contributed by atoms with Gasteiger partial charge in [-0.2, -0.15) is 0 Å². The van der Waals surface area contributed by atoms with Crippen LogP contribution in [0.2, 0.25) is 0 Å².